The van der Waals surface area contributed by atoms with Gasteiger partial charge in [-0.15, -0.1) is 0 Å². The van der Waals surface area contributed by atoms with Crippen molar-refractivity contribution in [2.75, 3.05) is 13.1 Å². The number of aryl methyl sites for hydroxylation is 1. The number of benzene rings is 1. The molecule has 1 saturated carbocycles. The fourth-order valence-electron chi connectivity index (χ4n) is 3.90. The van der Waals surface area contributed by atoms with Crippen molar-refractivity contribution in [3.8, 4) is 11.3 Å². The molecule has 0 unspecified atom stereocenters. The fraction of sp³-hybridized carbons (Fsp3) is 0.450. The number of nitrogens with zero attached hydrogens (tertiary/aromatic N) is 2. The number of rotatable bonds is 3. The number of carbonyl (C=O) groups is 2. The van der Waals surface area contributed by atoms with Crippen LogP contribution >= 0.6 is 0 Å². The zero-order valence-corrected chi connectivity index (χ0v) is 15.0. The van der Waals surface area contributed by atoms with Crippen molar-refractivity contribution >= 4 is 11.8 Å². The molecule has 136 valence electrons. The maximum Gasteiger partial charge on any atom is 0.276 e. The van der Waals surface area contributed by atoms with Gasteiger partial charge in [-0.1, -0.05) is 36.3 Å². The lowest BCUT2D eigenvalue weighted by Crippen LogP contribution is -2.56. The Morgan fingerprint density at radius 2 is 2.08 bits per heavy atom. The van der Waals surface area contributed by atoms with Crippen molar-refractivity contribution in [2.45, 2.75) is 44.6 Å². The Bertz CT molecular complexity index is 821. The normalized spacial score (nSPS) is 19.0. The molecule has 0 radical (unpaired) electrons. The molecule has 1 aliphatic carbocycles. The SMILES string of the molecule is CCc1ccc(-c2cc(C(=O)N3CCNC(=O)CC34CCC4)no2)cc1. The van der Waals surface area contributed by atoms with Crippen LogP contribution in [0.1, 0.15) is 48.7 Å². The van der Waals surface area contributed by atoms with E-state index in [2.05, 4.69) is 29.5 Å². The highest BCUT2D eigenvalue weighted by Gasteiger charge is 2.47. The Hall–Kier alpha value is -2.63. The van der Waals surface area contributed by atoms with Crippen molar-refractivity contribution in [1.29, 1.82) is 0 Å². The Morgan fingerprint density at radius 3 is 2.73 bits per heavy atom. The Balaban J connectivity index is 1.58. The zero-order valence-electron chi connectivity index (χ0n) is 15.0. The quantitative estimate of drug-likeness (QED) is 0.921. The minimum absolute atomic E-state index is 0.0249. The first-order valence-corrected chi connectivity index (χ1v) is 9.26. The molecule has 26 heavy (non-hydrogen) atoms. The summed E-state index contributed by atoms with van der Waals surface area (Å²) in [6.45, 7) is 3.10. The van der Waals surface area contributed by atoms with E-state index in [9.17, 15) is 9.59 Å². The van der Waals surface area contributed by atoms with E-state index in [-0.39, 0.29) is 17.4 Å². The first-order chi connectivity index (χ1) is 12.6. The zero-order chi connectivity index (χ0) is 18.1. The van der Waals surface area contributed by atoms with Gasteiger partial charge in [-0.3, -0.25) is 9.59 Å². The smallest absolute Gasteiger partial charge is 0.276 e. The molecule has 1 aromatic carbocycles. The molecule has 0 bridgehead atoms. The van der Waals surface area contributed by atoms with Gasteiger partial charge in [0.25, 0.3) is 5.91 Å². The standard InChI is InChI=1S/C20H23N3O3/c1-2-14-4-6-15(7-5-14)17-12-16(22-26-17)19(25)23-11-10-21-18(24)13-20(23)8-3-9-20/h4-7,12H,2-3,8-11,13H2,1H3,(H,21,24). The van der Waals surface area contributed by atoms with Crippen molar-refractivity contribution in [3.05, 3.63) is 41.6 Å². The minimum atomic E-state index is -0.348. The van der Waals surface area contributed by atoms with E-state index >= 15 is 0 Å². The lowest BCUT2D eigenvalue weighted by molar-refractivity contribution is -0.123. The van der Waals surface area contributed by atoms with Crippen LogP contribution in [0.4, 0.5) is 0 Å². The van der Waals surface area contributed by atoms with Gasteiger partial charge in [0.05, 0.1) is 5.54 Å². The largest absolute Gasteiger partial charge is 0.355 e. The van der Waals surface area contributed by atoms with E-state index in [1.807, 2.05) is 17.0 Å². The molecular formula is C20H23N3O3. The summed E-state index contributed by atoms with van der Waals surface area (Å²) >= 11 is 0. The molecule has 1 aromatic heterocycles. The predicted octanol–water partition coefficient (Wildman–Crippen LogP) is 2.79. The van der Waals surface area contributed by atoms with Gasteiger partial charge < -0.3 is 14.7 Å². The predicted molar refractivity (Wildman–Crippen MR) is 96.6 cm³/mol. The first kappa shape index (κ1) is 16.8. The van der Waals surface area contributed by atoms with Gasteiger partial charge >= 0.3 is 0 Å². The molecule has 1 spiro atoms. The van der Waals surface area contributed by atoms with Gasteiger partial charge in [-0.2, -0.15) is 0 Å². The maximum absolute atomic E-state index is 13.1. The molecule has 2 fully saturated rings. The van der Waals surface area contributed by atoms with Crippen LogP contribution in [0.5, 0.6) is 0 Å². The number of aromatic nitrogens is 1. The van der Waals surface area contributed by atoms with Crippen LogP contribution < -0.4 is 5.32 Å². The van der Waals surface area contributed by atoms with Gasteiger partial charge in [0, 0.05) is 31.1 Å². The second kappa shape index (κ2) is 6.59. The van der Waals surface area contributed by atoms with E-state index < -0.39 is 0 Å². The van der Waals surface area contributed by atoms with Crippen LogP contribution in [0, 0.1) is 0 Å². The summed E-state index contributed by atoms with van der Waals surface area (Å²) in [4.78, 5) is 26.9. The van der Waals surface area contributed by atoms with E-state index in [0.717, 1.165) is 31.2 Å². The van der Waals surface area contributed by atoms with Crippen molar-refractivity contribution in [1.82, 2.24) is 15.4 Å². The molecule has 0 atom stereocenters. The number of amides is 2. The van der Waals surface area contributed by atoms with Crippen LogP contribution in [0.3, 0.4) is 0 Å². The summed E-state index contributed by atoms with van der Waals surface area (Å²) in [5.74, 6) is 0.459. The number of nitrogens with one attached hydrogen (secondary N) is 1. The highest BCUT2D eigenvalue weighted by Crippen LogP contribution is 2.42. The summed E-state index contributed by atoms with van der Waals surface area (Å²) in [6, 6.07) is 9.77. The minimum Gasteiger partial charge on any atom is -0.355 e. The van der Waals surface area contributed by atoms with Crippen LogP contribution in [0.15, 0.2) is 34.9 Å². The highest BCUT2D eigenvalue weighted by molar-refractivity contribution is 5.94. The summed E-state index contributed by atoms with van der Waals surface area (Å²) in [5, 5.41) is 6.88. The fourth-order valence-corrected chi connectivity index (χ4v) is 3.90. The molecule has 2 aromatic rings. The van der Waals surface area contributed by atoms with Gasteiger partial charge in [0.15, 0.2) is 11.5 Å². The molecule has 1 saturated heterocycles. The third-order valence-electron chi connectivity index (χ3n) is 5.63. The Kier molecular flexibility index (Phi) is 4.26. The Labute approximate surface area is 152 Å². The Morgan fingerprint density at radius 1 is 1.31 bits per heavy atom. The highest BCUT2D eigenvalue weighted by atomic mass is 16.5. The second-order valence-corrected chi connectivity index (χ2v) is 7.19. The van der Waals surface area contributed by atoms with Gasteiger partial charge in [-0.05, 0) is 31.2 Å². The molecule has 1 N–H and O–H groups in total. The van der Waals surface area contributed by atoms with Crippen LogP contribution in [0.2, 0.25) is 0 Å². The topological polar surface area (TPSA) is 75.4 Å². The number of carbonyl (C=O) groups excluding carboxylic acids is 2. The third-order valence-corrected chi connectivity index (χ3v) is 5.63. The van der Waals surface area contributed by atoms with E-state index in [4.69, 9.17) is 4.52 Å². The molecule has 6 nitrogen and oxygen atoms in total. The molecule has 2 amide bonds. The van der Waals surface area contributed by atoms with Gasteiger partial charge in [0.2, 0.25) is 5.91 Å². The average molecular weight is 353 g/mol. The second-order valence-electron chi connectivity index (χ2n) is 7.19. The van der Waals surface area contributed by atoms with E-state index in [1.54, 1.807) is 6.07 Å². The summed E-state index contributed by atoms with van der Waals surface area (Å²) in [7, 11) is 0. The lowest BCUT2D eigenvalue weighted by Gasteiger charge is -2.48. The van der Waals surface area contributed by atoms with Gasteiger partial charge in [-0.25, -0.2) is 0 Å². The molecule has 4 rings (SSSR count). The third kappa shape index (κ3) is 2.89. The molecule has 1 aliphatic heterocycles. The average Bonchev–Trinajstić information content (AvgIpc) is 3.04. The molecular weight excluding hydrogens is 330 g/mol. The van der Waals surface area contributed by atoms with Crippen molar-refractivity contribution < 1.29 is 14.1 Å². The maximum atomic E-state index is 13.1. The lowest BCUT2D eigenvalue weighted by atomic mass is 9.72. The van der Waals surface area contributed by atoms with E-state index in [1.165, 1.54) is 5.56 Å². The molecule has 2 heterocycles. The van der Waals surface area contributed by atoms with Crippen LogP contribution in [-0.4, -0.2) is 40.5 Å². The molecule has 6 heteroatoms. The van der Waals surface area contributed by atoms with Gasteiger partial charge in [0.1, 0.15) is 0 Å². The van der Waals surface area contributed by atoms with E-state index in [0.29, 0.717) is 31.0 Å². The van der Waals surface area contributed by atoms with Crippen molar-refractivity contribution in [3.63, 3.8) is 0 Å². The summed E-state index contributed by atoms with van der Waals surface area (Å²) in [6.07, 6.45) is 4.14. The van der Waals surface area contributed by atoms with Crippen LogP contribution in [0.25, 0.3) is 11.3 Å². The molecule has 2 aliphatic rings. The van der Waals surface area contributed by atoms with Crippen LogP contribution in [-0.2, 0) is 11.2 Å². The summed E-state index contributed by atoms with van der Waals surface area (Å²) in [5.41, 5.74) is 2.11. The van der Waals surface area contributed by atoms with Crippen molar-refractivity contribution in [2.24, 2.45) is 0 Å². The first-order valence-electron chi connectivity index (χ1n) is 9.26. The number of hydrogen-bond acceptors (Lipinski definition) is 4. The number of hydrogen-bond donors (Lipinski definition) is 1. The monoisotopic (exact) mass is 353 g/mol. The summed E-state index contributed by atoms with van der Waals surface area (Å²) < 4.78 is 5.43.